The molecule has 0 aliphatic rings. The van der Waals surface area contributed by atoms with Crippen LogP contribution in [0.25, 0.3) is 22.0 Å². The van der Waals surface area contributed by atoms with Crippen LogP contribution in [0.2, 0.25) is 0 Å². The van der Waals surface area contributed by atoms with Gasteiger partial charge in [0.2, 0.25) is 5.88 Å². The summed E-state index contributed by atoms with van der Waals surface area (Å²) in [6.07, 6.45) is 2.58. The van der Waals surface area contributed by atoms with Crippen LogP contribution in [0.5, 0.6) is 5.88 Å². The SMILES string of the molecule is Nc1ccc2[nH]c(OC(=O)Nc3cccnc3)c(-c3ccccc3)c2c1. The van der Waals surface area contributed by atoms with Crippen LogP contribution in [0, 0.1) is 0 Å². The predicted molar refractivity (Wildman–Crippen MR) is 102 cm³/mol. The van der Waals surface area contributed by atoms with Gasteiger partial charge in [0.1, 0.15) is 0 Å². The normalized spacial score (nSPS) is 10.6. The van der Waals surface area contributed by atoms with Gasteiger partial charge in [-0.2, -0.15) is 0 Å². The summed E-state index contributed by atoms with van der Waals surface area (Å²) in [6.45, 7) is 0. The second-order valence-electron chi connectivity index (χ2n) is 5.76. The molecule has 6 nitrogen and oxygen atoms in total. The molecule has 1 amide bonds. The Morgan fingerprint density at radius 1 is 1.08 bits per heavy atom. The molecular weight excluding hydrogens is 328 g/mol. The van der Waals surface area contributed by atoms with Crippen LogP contribution >= 0.6 is 0 Å². The van der Waals surface area contributed by atoms with E-state index in [2.05, 4.69) is 15.3 Å². The molecule has 4 aromatic rings. The zero-order valence-electron chi connectivity index (χ0n) is 13.8. The minimum absolute atomic E-state index is 0.359. The molecule has 0 saturated heterocycles. The number of benzene rings is 2. The zero-order chi connectivity index (χ0) is 17.9. The third-order valence-electron chi connectivity index (χ3n) is 3.95. The van der Waals surface area contributed by atoms with Crippen molar-refractivity contribution in [3.05, 3.63) is 73.1 Å². The number of carbonyl (C=O) groups excluding carboxylic acids is 1. The Bertz CT molecular complexity index is 1060. The second kappa shape index (κ2) is 6.60. The molecule has 0 fully saturated rings. The molecule has 0 bridgehead atoms. The highest BCUT2D eigenvalue weighted by atomic mass is 16.6. The van der Waals surface area contributed by atoms with E-state index in [1.165, 1.54) is 0 Å². The van der Waals surface area contributed by atoms with Gasteiger partial charge in [-0.3, -0.25) is 10.3 Å². The minimum atomic E-state index is -0.602. The molecule has 4 rings (SSSR count). The van der Waals surface area contributed by atoms with Crippen molar-refractivity contribution in [2.24, 2.45) is 0 Å². The van der Waals surface area contributed by atoms with Gasteiger partial charge in [0, 0.05) is 22.8 Å². The molecule has 0 spiro atoms. The number of nitrogens with zero attached hydrogens (tertiary/aromatic N) is 1. The van der Waals surface area contributed by atoms with Crippen LogP contribution in [0.15, 0.2) is 73.1 Å². The smallest absolute Gasteiger partial charge is 0.399 e. The third-order valence-corrected chi connectivity index (χ3v) is 3.95. The lowest BCUT2D eigenvalue weighted by molar-refractivity contribution is 0.214. The third kappa shape index (κ3) is 3.08. The number of hydrogen-bond donors (Lipinski definition) is 3. The Labute approximate surface area is 149 Å². The molecular formula is C20H16N4O2. The Morgan fingerprint density at radius 2 is 1.92 bits per heavy atom. The number of carbonyl (C=O) groups is 1. The second-order valence-corrected chi connectivity index (χ2v) is 5.76. The number of rotatable bonds is 3. The maximum atomic E-state index is 12.3. The van der Waals surface area contributed by atoms with E-state index in [1.807, 2.05) is 42.5 Å². The molecule has 0 unspecified atom stereocenters. The van der Waals surface area contributed by atoms with Crippen molar-refractivity contribution in [3.8, 4) is 17.0 Å². The van der Waals surface area contributed by atoms with Crippen LogP contribution in [0.4, 0.5) is 16.2 Å². The van der Waals surface area contributed by atoms with Gasteiger partial charge in [-0.15, -0.1) is 0 Å². The first-order valence-corrected chi connectivity index (χ1v) is 8.06. The zero-order valence-corrected chi connectivity index (χ0v) is 13.8. The van der Waals surface area contributed by atoms with Gasteiger partial charge in [0.05, 0.1) is 17.4 Å². The number of aromatic nitrogens is 2. The largest absolute Gasteiger partial charge is 0.418 e. The van der Waals surface area contributed by atoms with Gasteiger partial charge in [-0.05, 0) is 35.9 Å². The lowest BCUT2D eigenvalue weighted by Crippen LogP contribution is -2.17. The predicted octanol–water partition coefficient (Wildman–Crippen LogP) is 4.42. The van der Waals surface area contributed by atoms with E-state index in [4.69, 9.17) is 10.5 Å². The van der Waals surface area contributed by atoms with E-state index in [9.17, 15) is 4.79 Å². The van der Waals surface area contributed by atoms with E-state index in [-0.39, 0.29) is 0 Å². The Hall–Kier alpha value is -3.80. The van der Waals surface area contributed by atoms with Crippen molar-refractivity contribution in [2.45, 2.75) is 0 Å². The summed E-state index contributed by atoms with van der Waals surface area (Å²) < 4.78 is 5.55. The fourth-order valence-electron chi connectivity index (χ4n) is 2.83. The summed E-state index contributed by atoms with van der Waals surface area (Å²) >= 11 is 0. The highest BCUT2D eigenvalue weighted by Gasteiger charge is 2.18. The fourth-order valence-corrected chi connectivity index (χ4v) is 2.83. The number of H-pyrrole nitrogens is 1. The molecule has 0 saturated carbocycles. The molecule has 0 atom stereocenters. The van der Waals surface area contributed by atoms with Crippen molar-refractivity contribution in [1.82, 2.24) is 9.97 Å². The maximum Gasteiger partial charge on any atom is 0.418 e. The monoisotopic (exact) mass is 344 g/mol. The molecule has 128 valence electrons. The van der Waals surface area contributed by atoms with Crippen LogP contribution in [-0.4, -0.2) is 16.1 Å². The number of fused-ring (bicyclic) bond motifs is 1. The maximum absolute atomic E-state index is 12.3. The molecule has 2 aromatic heterocycles. The van der Waals surface area contributed by atoms with Crippen LogP contribution in [0.3, 0.4) is 0 Å². The quantitative estimate of drug-likeness (QED) is 0.480. The summed E-state index contributed by atoms with van der Waals surface area (Å²) in [5.74, 6) is 0.359. The topological polar surface area (TPSA) is 93.0 Å². The van der Waals surface area contributed by atoms with E-state index < -0.39 is 6.09 Å². The number of ether oxygens (including phenoxy) is 1. The molecule has 0 aliphatic heterocycles. The minimum Gasteiger partial charge on any atom is -0.399 e. The van der Waals surface area contributed by atoms with E-state index in [0.717, 1.165) is 22.0 Å². The average molecular weight is 344 g/mol. The lowest BCUT2D eigenvalue weighted by Gasteiger charge is -2.07. The van der Waals surface area contributed by atoms with E-state index in [0.29, 0.717) is 17.3 Å². The van der Waals surface area contributed by atoms with Gasteiger partial charge in [-0.1, -0.05) is 30.3 Å². The first-order chi connectivity index (χ1) is 12.7. The summed E-state index contributed by atoms with van der Waals surface area (Å²) in [5.41, 5.74) is 9.68. The van der Waals surface area contributed by atoms with Crippen molar-refractivity contribution < 1.29 is 9.53 Å². The van der Waals surface area contributed by atoms with E-state index in [1.54, 1.807) is 30.6 Å². The fraction of sp³-hybridized carbons (Fsp3) is 0. The molecule has 6 heteroatoms. The molecule has 26 heavy (non-hydrogen) atoms. The number of nitrogen functional groups attached to an aromatic ring is 1. The number of nitrogens with two attached hydrogens (primary N) is 1. The van der Waals surface area contributed by atoms with Gasteiger partial charge in [0.15, 0.2) is 0 Å². The molecule has 4 N–H and O–H groups in total. The number of hydrogen-bond acceptors (Lipinski definition) is 4. The molecule has 0 radical (unpaired) electrons. The summed E-state index contributed by atoms with van der Waals surface area (Å²) in [5, 5.41) is 3.55. The average Bonchev–Trinajstić information content (AvgIpc) is 3.00. The summed E-state index contributed by atoms with van der Waals surface area (Å²) in [4.78, 5) is 19.4. The molecule has 0 aliphatic carbocycles. The number of anilines is 2. The van der Waals surface area contributed by atoms with E-state index >= 15 is 0 Å². The highest BCUT2D eigenvalue weighted by Crippen LogP contribution is 2.38. The van der Waals surface area contributed by atoms with Gasteiger partial charge in [-0.25, -0.2) is 4.79 Å². The molecule has 2 heterocycles. The molecule has 2 aromatic carbocycles. The van der Waals surface area contributed by atoms with Gasteiger partial charge >= 0.3 is 6.09 Å². The number of aromatic amines is 1. The van der Waals surface area contributed by atoms with Crippen molar-refractivity contribution in [1.29, 1.82) is 0 Å². The summed E-state index contributed by atoms with van der Waals surface area (Å²) in [6, 6.07) is 18.7. The van der Waals surface area contributed by atoms with Crippen molar-refractivity contribution in [3.63, 3.8) is 0 Å². The Morgan fingerprint density at radius 3 is 2.69 bits per heavy atom. The van der Waals surface area contributed by atoms with Gasteiger partial charge in [0.25, 0.3) is 0 Å². The van der Waals surface area contributed by atoms with Crippen molar-refractivity contribution in [2.75, 3.05) is 11.1 Å². The lowest BCUT2D eigenvalue weighted by atomic mass is 10.0. The first kappa shape index (κ1) is 15.7. The number of amides is 1. The Kier molecular flexibility index (Phi) is 3.99. The Balaban J connectivity index is 1.73. The van der Waals surface area contributed by atoms with Crippen LogP contribution < -0.4 is 15.8 Å². The van der Waals surface area contributed by atoms with Crippen LogP contribution in [-0.2, 0) is 0 Å². The van der Waals surface area contributed by atoms with Crippen molar-refractivity contribution >= 4 is 28.4 Å². The first-order valence-electron chi connectivity index (χ1n) is 8.06. The highest BCUT2D eigenvalue weighted by molar-refractivity contribution is 6.01. The van der Waals surface area contributed by atoms with Gasteiger partial charge < -0.3 is 15.5 Å². The summed E-state index contributed by atoms with van der Waals surface area (Å²) in [7, 11) is 0. The van der Waals surface area contributed by atoms with Crippen LogP contribution in [0.1, 0.15) is 0 Å². The number of nitrogens with one attached hydrogen (secondary N) is 2. The number of pyridine rings is 1. The standard InChI is InChI=1S/C20H16N4O2/c21-14-8-9-17-16(11-14)18(13-5-2-1-3-6-13)19(24-17)26-20(25)23-15-7-4-10-22-12-15/h1-12,24H,21H2,(H,23,25).